The van der Waals surface area contributed by atoms with Crippen molar-refractivity contribution in [2.45, 2.75) is 13.5 Å². The largest absolute Gasteiger partial charge is 0.319 e. The molecule has 2 rings (SSSR count). The van der Waals surface area contributed by atoms with Gasteiger partial charge in [-0.15, -0.1) is 0 Å². The number of amides is 1. The van der Waals surface area contributed by atoms with Crippen molar-refractivity contribution in [2.24, 2.45) is 0 Å². The second kappa shape index (κ2) is 7.09. The molecule has 0 aliphatic rings. The van der Waals surface area contributed by atoms with Gasteiger partial charge in [0.2, 0.25) is 6.54 Å². The van der Waals surface area contributed by atoms with Gasteiger partial charge in [-0.05, 0) is 25.1 Å². The minimum Gasteiger partial charge on any atom is -0.319 e. The number of benzene rings is 1. The van der Waals surface area contributed by atoms with Crippen LogP contribution in [0.4, 0.5) is 5.69 Å². The molecule has 1 N–H and O–H groups in total. The summed E-state index contributed by atoms with van der Waals surface area (Å²) in [5.74, 6) is -0.367. The highest BCUT2D eigenvalue weighted by Crippen LogP contribution is 2.32. The SMILES string of the molecule is CC(=O)c1ccc[n+](CC(=O)Nc2cc(Cl)c(Cl)cc2Cl)c1. The van der Waals surface area contributed by atoms with Gasteiger partial charge in [-0.25, -0.2) is 0 Å². The molecule has 0 saturated heterocycles. The molecule has 1 heterocycles. The minimum atomic E-state index is -0.300. The smallest absolute Gasteiger partial charge is 0.290 e. The van der Waals surface area contributed by atoms with Crippen LogP contribution < -0.4 is 9.88 Å². The van der Waals surface area contributed by atoms with Gasteiger partial charge in [-0.3, -0.25) is 9.59 Å². The summed E-state index contributed by atoms with van der Waals surface area (Å²) in [6.45, 7) is 1.51. The zero-order valence-corrected chi connectivity index (χ0v) is 13.8. The number of ketones is 1. The number of carbonyl (C=O) groups is 2. The molecule has 0 aliphatic carbocycles. The first-order chi connectivity index (χ1) is 10.4. The molecule has 114 valence electrons. The van der Waals surface area contributed by atoms with Crippen LogP contribution in [0.1, 0.15) is 17.3 Å². The van der Waals surface area contributed by atoms with Gasteiger partial charge in [0.1, 0.15) is 0 Å². The van der Waals surface area contributed by atoms with Gasteiger partial charge in [-0.1, -0.05) is 34.8 Å². The van der Waals surface area contributed by atoms with Crippen molar-refractivity contribution in [3.63, 3.8) is 0 Å². The van der Waals surface area contributed by atoms with E-state index in [1.165, 1.54) is 19.1 Å². The number of hydrogen-bond acceptors (Lipinski definition) is 2. The number of pyridine rings is 1. The number of halogens is 3. The van der Waals surface area contributed by atoms with Crippen LogP contribution in [0.25, 0.3) is 0 Å². The zero-order chi connectivity index (χ0) is 16.3. The van der Waals surface area contributed by atoms with E-state index in [4.69, 9.17) is 34.8 Å². The molecular formula is C15H12Cl3N2O2+. The molecule has 22 heavy (non-hydrogen) atoms. The topological polar surface area (TPSA) is 50.0 Å². The third-order valence-electron chi connectivity index (χ3n) is 2.87. The van der Waals surface area contributed by atoms with Gasteiger partial charge in [-0.2, -0.15) is 4.57 Å². The summed E-state index contributed by atoms with van der Waals surface area (Å²) in [7, 11) is 0. The summed E-state index contributed by atoms with van der Waals surface area (Å²) in [5.41, 5.74) is 0.909. The van der Waals surface area contributed by atoms with Crippen molar-refractivity contribution >= 4 is 52.2 Å². The third-order valence-corrected chi connectivity index (χ3v) is 3.91. The van der Waals surface area contributed by atoms with Gasteiger partial charge in [0.05, 0.1) is 26.3 Å². The normalized spacial score (nSPS) is 10.4. The van der Waals surface area contributed by atoms with Crippen LogP contribution in [0.15, 0.2) is 36.7 Å². The zero-order valence-electron chi connectivity index (χ0n) is 11.6. The molecule has 0 saturated carbocycles. The lowest BCUT2D eigenvalue weighted by Crippen LogP contribution is -2.40. The van der Waals surface area contributed by atoms with Crippen LogP contribution in [0, 0.1) is 0 Å². The van der Waals surface area contributed by atoms with Crippen LogP contribution in [0.2, 0.25) is 15.1 Å². The summed E-state index contributed by atoms with van der Waals surface area (Å²) in [5, 5.41) is 3.56. The van der Waals surface area contributed by atoms with Crippen molar-refractivity contribution in [3.05, 3.63) is 57.3 Å². The molecule has 4 nitrogen and oxygen atoms in total. The molecule has 1 amide bonds. The highest BCUT2D eigenvalue weighted by molar-refractivity contribution is 6.44. The fourth-order valence-electron chi connectivity index (χ4n) is 1.80. The fourth-order valence-corrected chi connectivity index (χ4v) is 2.40. The van der Waals surface area contributed by atoms with Gasteiger partial charge in [0, 0.05) is 6.07 Å². The van der Waals surface area contributed by atoms with Crippen molar-refractivity contribution < 1.29 is 14.2 Å². The first-order valence-corrected chi connectivity index (χ1v) is 7.44. The van der Waals surface area contributed by atoms with E-state index in [-0.39, 0.29) is 18.2 Å². The lowest BCUT2D eigenvalue weighted by Gasteiger charge is -2.07. The number of nitrogens with zero attached hydrogens (tertiary/aromatic N) is 1. The van der Waals surface area contributed by atoms with Crippen molar-refractivity contribution in [1.29, 1.82) is 0 Å². The maximum Gasteiger partial charge on any atom is 0.290 e. The molecule has 0 radical (unpaired) electrons. The van der Waals surface area contributed by atoms with E-state index in [0.717, 1.165) is 0 Å². The summed E-state index contributed by atoms with van der Waals surface area (Å²) < 4.78 is 1.61. The van der Waals surface area contributed by atoms with Gasteiger partial charge in [0.15, 0.2) is 18.2 Å². The molecule has 0 bridgehead atoms. The quantitative estimate of drug-likeness (QED) is 0.514. The molecule has 0 fully saturated rings. The molecule has 1 aromatic heterocycles. The Hall–Kier alpha value is -1.62. The van der Waals surface area contributed by atoms with E-state index in [1.54, 1.807) is 29.1 Å². The average Bonchev–Trinajstić information content (AvgIpc) is 2.45. The average molecular weight is 359 g/mol. The van der Waals surface area contributed by atoms with E-state index < -0.39 is 0 Å². The summed E-state index contributed by atoms with van der Waals surface area (Å²) in [6.07, 6.45) is 3.31. The highest BCUT2D eigenvalue weighted by atomic mass is 35.5. The van der Waals surface area contributed by atoms with Crippen LogP contribution in [0.3, 0.4) is 0 Å². The number of hydrogen-bond donors (Lipinski definition) is 1. The Labute approximate surface area is 142 Å². The van der Waals surface area contributed by atoms with Crippen molar-refractivity contribution in [2.75, 3.05) is 5.32 Å². The Balaban J connectivity index is 2.12. The molecule has 0 unspecified atom stereocenters. The number of Topliss-reactive ketones (excluding diaryl/α,β-unsaturated/α-hetero) is 1. The monoisotopic (exact) mass is 357 g/mol. The molecule has 0 atom stereocenters. The molecule has 2 aromatic rings. The standard InChI is InChI=1S/C15H11Cl3N2O2/c1-9(21)10-3-2-4-20(7-10)8-15(22)19-14-6-12(17)11(16)5-13(14)18/h2-7H,8H2,1H3/p+1. The predicted molar refractivity (Wildman–Crippen MR) is 86.7 cm³/mol. The Kier molecular flexibility index (Phi) is 5.40. The first-order valence-electron chi connectivity index (χ1n) is 6.31. The summed E-state index contributed by atoms with van der Waals surface area (Å²) >= 11 is 17.7. The second-order valence-electron chi connectivity index (χ2n) is 4.62. The Morgan fingerprint density at radius 2 is 1.82 bits per heavy atom. The van der Waals surface area contributed by atoms with Crippen LogP contribution >= 0.6 is 34.8 Å². The van der Waals surface area contributed by atoms with E-state index >= 15 is 0 Å². The summed E-state index contributed by atoms with van der Waals surface area (Å²) in [6, 6.07) is 6.34. The van der Waals surface area contributed by atoms with Crippen molar-refractivity contribution in [3.8, 4) is 0 Å². The molecule has 0 spiro atoms. The first kappa shape index (κ1) is 16.7. The number of aromatic nitrogens is 1. The maximum absolute atomic E-state index is 12.1. The number of rotatable bonds is 4. The number of anilines is 1. The third kappa shape index (κ3) is 4.19. The van der Waals surface area contributed by atoms with Crippen LogP contribution in [-0.2, 0) is 11.3 Å². The van der Waals surface area contributed by atoms with E-state index in [1.807, 2.05) is 0 Å². The van der Waals surface area contributed by atoms with Gasteiger partial charge >= 0.3 is 0 Å². The Bertz CT molecular complexity index is 748. The Morgan fingerprint density at radius 1 is 1.14 bits per heavy atom. The van der Waals surface area contributed by atoms with Crippen molar-refractivity contribution in [1.82, 2.24) is 0 Å². The van der Waals surface area contributed by atoms with E-state index in [2.05, 4.69) is 5.32 Å². The van der Waals surface area contributed by atoms with E-state index in [9.17, 15) is 9.59 Å². The number of carbonyl (C=O) groups excluding carboxylic acids is 2. The number of nitrogens with one attached hydrogen (secondary N) is 1. The fraction of sp³-hybridized carbons (Fsp3) is 0.133. The molecular weight excluding hydrogens is 347 g/mol. The molecule has 0 aliphatic heterocycles. The Morgan fingerprint density at radius 3 is 2.50 bits per heavy atom. The van der Waals surface area contributed by atoms with Crippen LogP contribution in [0.5, 0.6) is 0 Å². The predicted octanol–water partition coefficient (Wildman–Crippen LogP) is 3.78. The molecule has 7 heteroatoms. The maximum atomic E-state index is 12.1. The van der Waals surface area contributed by atoms with Crippen LogP contribution in [-0.4, -0.2) is 11.7 Å². The summed E-state index contributed by atoms with van der Waals surface area (Å²) in [4.78, 5) is 23.4. The van der Waals surface area contributed by atoms with Gasteiger partial charge in [0.25, 0.3) is 5.91 Å². The lowest BCUT2D eigenvalue weighted by atomic mass is 10.2. The second-order valence-corrected chi connectivity index (χ2v) is 5.84. The molecule has 1 aromatic carbocycles. The highest BCUT2D eigenvalue weighted by Gasteiger charge is 2.14. The van der Waals surface area contributed by atoms with E-state index in [0.29, 0.717) is 26.3 Å². The minimum absolute atomic E-state index is 0.0394. The lowest BCUT2D eigenvalue weighted by molar-refractivity contribution is -0.684. The van der Waals surface area contributed by atoms with Gasteiger partial charge < -0.3 is 5.32 Å².